The number of halogens is 1. The zero-order valence-electron chi connectivity index (χ0n) is 16.4. The van der Waals surface area contributed by atoms with Gasteiger partial charge in [-0.3, -0.25) is 9.36 Å². The highest BCUT2D eigenvalue weighted by Gasteiger charge is 2.29. The standard InChI is InChI=1S/C22H23FN4OS/c1-14(2)15-3-7-17(8-4-15)24-22-26-25-20(21(28)27(22)18-9-10-18)13-29-19-11-5-16(23)6-12-19/h3-8,11-12,14,18H,9-10,13H2,1-2H3,(H,24,26). The van der Waals surface area contributed by atoms with Gasteiger partial charge in [-0.2, -0.15) is 0 Å². The highest BCUT2D eigenvalue weighted by molar-refractivity contribution is 7.98. The van der Waals surface area contributed by atoms with Crippen molar-refractivity contribution in [2.45, 2.75) is 49.3 Å². The monoisotopic (exact) mass is 410 g/mol. The fraction of sp³-hybridized carbons (Fsp3) is 0.318. The lowest BCUT2D eigenvalue weighted by atomic mass is 10.0. The third-order valence-corrected chi connectivity index (χ3v) is 5.92. The second kappa shape index (κ2) is 8.37. The minimum absolute atomic E-state index is 0.113. The van der Waals surface area contributed by atoms with E-state index < -0.39 is 0 Å². The molecule has 1 aliphatic carbocycles. The summed E-state index contributed by atoms with van der Waals surface area (Å²) in [6, 6.07) is 14.5. The van der Waals surface area contributed by atoms with Gasteiger partial charge in [0.25, 0.3) is 5.56 Å². The number of hydrogen-bond donors (Lipinski definition) is 1. The van der Waals surface area contributed by atoms with Crippen molar-refractivity contribution in [1.29, 1.82) is 0 Å². The van der Waals surface area contributed by atoms with Gasteiger partial charge in [0.1, 0.15) is 11.5 Å². The molecule has 1 fully saturated rings. The van der Waals surface area contributed by atoms with Crippen LogP contribution in [0.2, 0.25) is 0 Å². The van der Waals surface area contributed by atoms with E-state index in [1.54, 1.807) is 16.7 Å². The van der Waals surface area contributed by atoms with Crippen LogP contribution in [-0.4, -0.2) is 14.8 Å². The van der Waals surface area contributed by atoms with Crippen LogP contribution in [0.5, 0.6) is 0 Å². The first-order valence-electron chi connectivity index (χ1n) is 9.74. The fourth-order valence-corrected chi connectivity index (χ4v) is 3.86. The highest BCUT2D eigenvalue weighted by Crippen LogP contribution is 2.36. The summed E-state index contributed by atoms with van der Waals surface area (Å²) < 4.78 is 14.8. The van der Waals surface area contributed by atoms with Crippen LogP contribution in [0, 0.1) is 5.82 Å². The molecular weight excluding hydrogens is 387 g/mol. The maximum absolute atomic E-state index is 13.1. The number of thioether (sulfide) groups is 1. The molecule has 1 heterocycles. The number of rotatable bonds is 7. The van der Waals surface area contributed by atoms with Crippen molar-refractivity contribution in [1.82, 2.24) is 14.8 Å². The largest absolute Gasteiger partial charge is 0.324 e. The summed E-state index contributed by atoms with van der Waals surface area (Å²) in [7, 11) is 0. The summed E-state index contributed by atoms with van der Waals surface area (Å²) in [5, 5.41) is 11.7. The van der Waals surface area contributed by atoms with E-state index in [9.17, 15) is 9.18 Å². The molecule has 0 unspecified atom stereocenters. The van der Waals surface area contributed by atoms with Gasteiger partial charge in [0.2, 0.25) is 5.95 Å². The van der Waals surface area contributed by atoms with Crippen LogP contribution < -0.4 is 10.9 Å². The first kappa shape index (κ1) is 19.6. The topological polar surface area (TPSA) is 59.8 Å². The van der Waals surface area contributed by atoms with Crippen molar-refractivity contribution in [2.75, 3.05) is 5.32 Å². The van der Waals surface area contributed by atoms with Gasteiger partial charge in [0, 0.05) is 22.4 Å². The zero-order valence-corrected chi connectivity index (χ0v) is 17.2. The third-order valence-electron chi connectivity index (χ3n) is 4.89. The molecule has 0 bridgehead atoms. The van der Waals surface area contributed by atoms with Crippen LogP contribution in [0.1, 0.15) is 49.9 Å². The van der Waals surface area contributed by atoms with Gasteiger partial charge in [0.15, 0.2) is 0 Å². The lowest BCUT2D eigenvalue weighted by molar-refractivity contribution is 0.626. The number of aromatic nitrogens is 3. The maximum atomic E-state index is 13.1. The van der Waals surface area contributed by atoms with Crippen LogP contribution in [0.3, 0.4) is 0 Å². The second-order valence-corrected chi connectivity index (χ2v) is 8.57. The first-order valence-corrected chi connectivity index (χ1v) is 10.7. The van der Waals surface area contributed by atoms with E-state index >= 15 is 0 Å². The van der Waals surface area contributed by atoms with Crippen molar-refractivity contribution < 1.29 is 4.39 Å². The Morgan fingerprint density at radius 1 is 1.10 bits per heavy atom. The molecule has 0 aliphatic heterocycles. The molecule has 0 amide bonds. The van der Waals surface area contributed by atoms with Gasteiger partial charge < -0.3 is 5.32 Å². The van der Waals surface area contributed by atoms with Gasteiger partial charge in [-0.05, 0) is 60.7 Å². The van der Waals surface area contributed by atoms with Gasteiger partial charge in [0.05, 0.1) is 0 Å². The summed E-state index contributed by atoms with van der Waals surface area (Å²) in [6.45, 7) is 4.31. The quantitative estimate of drug-likeness (QED) is 0.538. The Bertz CT molecular complexity index is 1040. The third kappa shape index (κ3) is 4.67. The van der Waals surface area contributed by atoms with E-state index in [0.717, 1.165) is 23.4 Å². The molecule has 1 aliphatic rings. The Kier molecular flexibility index (Phi) is 5.67. The number of nitrogens with zero attached hydrogens (tertiary/aromatic N) is 3. The van der Waals surface area contributed by atoms with Gasteiger partial charge in [-0.15, -0.1) is 22.0 Å². The highest BCUT2D eigenvalue weighted by atomic mass is 32.2. The second-order valence-electron chi connectivity index (χ2n) is 7.52. The average Bonchev–Trinajstić information content (AvgIpc) is 3.54. The Labute approximate surface area is 173 Å². The molecule has 150 valence electrons. The van der Waals surface area contributed by atoms with Crippen LogP contribution >= 0.6 is 11.8 Å². The minimum atomic E-state index is -0.276. The van der Waals surface area contributed by atoms with Gasteiger partial charge in [-0.1, -0.05) is 26.0 Å². The number of benzene rings is 2. The lowest BCUT2D eigenvalue weighted by Gasteiger charge is -2.14. The van der Waals surface area contributed by atoms with E-state index in [-0.39, 0.29) is 17.4 Å². The number of nitrogens with one attached hydrogen (secondary N) is 1. The molecule has 3 aromatic rings. The van der Waals surface area contributed by atoms with E-state index in [0.29, 0.717) is 23.3 Å². The maximum Gasteiger partial charge on any atom is 0.278 e. The Morgan fingerprint density at radius 2 is 1.79 bits per heavy atom. The summed E-state index contributed by atoms with van der Waals surface area (Å²) in [6.07, 6.45) is 1.94. The van der Waals surface area contributed by atoms with Crippen LogP contribution in [0.15, 0.2) is 58.2 Å². The van der Waals surface area contributed by atoms with Crippen molar-refractivity contribution in [2.24, 2.45) is 0 Å². The van der Waals surface area contributed by atoms with Gasteiger partial charge >= 0.3 is 0 Å². The Hall–Kier alpha value is -2.67. The summed E-state index contributed by atoms with van der Waals surface area (Å²) >= 11 is 1.45. The Balaban J connectivity index is 1.55. The zero-order chi connectivity index (χ0) is 20.4. The van der Waals surface area contributed by atoms with Gasteiger partial charge in [-0.25, -0.2) is 4.39 Å². The molecule has 29 heavy (non-hydrogen) atoms. The van der Waals surface area contributed by atoms with Crippen molar-refractivity contribution in [3.05, 3.63) is 76.0 Å². The van der Waals surface area contributed by atoms with Crippen molar-refractivity contribution >= 4 is 23.4 Å². The smallest absolute Gasteiger partial charge is 0.278 e. The molecule has 0 saturated heterocycles. The molecular formula is C22H23FN4OS. The Morgan fingerprint density at radius 3 is 2.41 bits per heavy atom. The number of hydrogen-bond acceptors (Lipinski definition) is 5. The molecule has 5 nitrogen and oxygen atoms in total. The molecule has 2 aromatic carbocycles. The van der Waals surface area contributed by atoms with E-state index in [2.05, 4.69) is 41.5 Å². The van der Waals surface area contributed by atoms with Crippen molar-refractivity contribution in [3.63, 3.8) is 0 Å². The van der Waals surface area contributed by atoms with E-state index in [1.807, 2.05) is 12.1 Å². The van der Waals surface area contributed by atoms with E-state index in [4.69, 9.17) is 0 Å². The molecule has 7 heteroatoms. The summed E-state index contributed by atoms with van der Waals surface area (Å²) in [5.41, 5.74) is 2.44. The summed E-state index contributed by atoms with van der Waals surface area (Å²) in [5.74, 6) is 1.06. The molecule has 1 N–H and O–H groups in total. The molecule has 0 atom stereocenters. The average molecular weight is 411 g/mol. The number of anilines is 2. The first-order chi connectivity index (χ1) is 14.0. The molecule has 0 radical (unpaired) electrons. The van der Waals surface area contributed by atoms with E-state index in [1.165, 1.54) is 29.5 Å². The molecule has 4 rings (SSSR count). The van der Waals surface area contributed by atoms with Crippen LogP contribution in [-0.2, 0) is 5.75 Å². The minimum Gasteiger partial charge on any atom is -0.324 e. The molecule has 1 aromatic heterocycles. The summed E-state index contributed by atoms with van der Waals surface area (Å²) in [4.78, 5) is 13.9. The van der Waals surface area contributed by atoms with Crippen molar-refractivity contribution in [3.8, 4) is 0 Å². The lowest BCUT2D eigenvalue weighted by Crippen LogP contribution is -2.27. The SMILES string of the molecule is CC(C)c1ccc(Nc2nnc(CSc3ccc(F)cc3)c(=O)n2C2CC2)cc1. The van der Waals surface area contributed by atoms with Crippen LogP contribution in [0.25, 0.3) is 0 Å². The predicted octanol–water partition coefficient (Wildman–Crippen LogP) is 5.27. The normalized spacial score (nSPS) is 13.7. The predicted molar refractivity (Wildman–Crippen MR) is 114 cm³/mol. The molecule has 1 saturated carbocycles. The fourth-order valence-electron chi connectivity index (χ4n) is 3.04. The molecule has 0 spiro atoms. The van der Waals surface area contributed by atoms with Crippen LogP contribution in [0.4, 0.5) is 16.0 Å².